The third-order valence-corrected chi connectivity index (χ3v) is 5.38. The Hall–Kier alpha value is -1.70. The molecule has 3 rings (SSSR count). The summed E-state index contributed by atoms with van der Waals surface area (Å²) in [6.45, 7) is 5.72. The van der Waals surface area contributed by atoms with Gasteiger partial charge in [0.1, 0.15) is 6.61 Å². The molecule has 2 saturated heterocycles. The highest BCUT2D eigenvalue weighted by molar-refractivity contribution is 7.80. The standard InChI is InChI=1S/C20H29N3O3S/c24-19(26-16-17-6-2-1-3-7-17)15-22-9-5-10-23(12-11-22)20(27)21-14-18-8-4-13-25-18/h1-3,6-7,18H,4-5,8-16H2,(H,21,27). The Balaban J connectivity index is 1.36. The third-order valence-electron chi connectivity index (χ3n) is 4.98. The third kappa shape index (κ3) is 6.75. The van der Waals surface area contributed by atoms with Gasteiger partial charge in [0.2, 0.25) is 0 Å². The molecular weight excluding hydrogens is 362 g/mol. The van der Waals surface area contributed by atoms with Crippen molar-refractivity contribution in [2.24, 2.45) is 0 Å². The van der Waals surface area contributed by atoms with Crippen molar-refractivity contribution in [3.05, 3.63) is 35.9 Å². The van der Waals surface area contributed by atoms with Crippen LogP contribution in [0.15, 0.2) is 30.3 Å². The molecule has 7 heteroatoms. The summed E-state index contributed by atoms with van der Waals surface area (Å²) in [5, 5.41) is 4.13. The summed E-state index contributed by atoms with van der Waals surface area (Å²) < 4.78 is 11.0. The Morgan fingerprint density at radius 1 is 1.19 bits per heavy atom. The van der Waals surface area contributed by atoms with Crippen LogP contribution in [0.5, 0.6) is 0 Å². The average molecular weight is 392 g/mol. The van der Waals surface area contributed by atoms with Crippen LogP contribution in [0.25, 0.3) is 0 Å². The van der Waals surface area contributed by atoms with Crippen LogP contribution in [-0.2, 0) is 20.9 Å². The first kappa shape index (κ1) is 20.0. The van der Waals surface area contributed by atoms with Crippen molar-refractivity contribution in [3.8, 4) is 0 Å². The van der Waals surface area contributed by atoms with E-state index >= 15 is 0 Å². The van der Waals surface area contributed by atoms with Gasteiger partial charge in [0.15, 0.2) is 5.11 Å². The van der Waals surface area contributed by atoms with Crippen molar-refractivity contribution in [2.45, 2.75) is 32.0 Å². The largest absolute Gasteiger partial charge is 0.460 e. The lowest BCUT2D eigenvalue weighted by Gasteiger charge is -2.25. The van der Waals surface area contributed by atoms with E-state index in [0.29, 0.717) is 13.2 Å². The minimum atomic E-state index is -0.175. The number of ether oxygens (including phenoxy) is 2. The number of hydrogen-bond acceptors (Lipinski definition) is 5. The summed E-state index contributed by atoms with van der Waals surface area (Å²) in [6.07, 6.45) is 3.51. The van der Waals surface area contributed by atoms with Crippen molar-refractivity contribution < 1.29 is 14.3 Å². The van der Waals surface area contributed by atoms with Gasteiger partial charge >= 0.3 is 5.97 Å². The minimum absolute atomic E-state index is 0.175. The molecule has 1 atom stereocenters. The molecule has 1 aromatic carbocycles. The van der Waals surface area contributed by atoms with Gasteiger partial charge in [-0.05, 0) is 37.0 Å². The Labute approximate surface area is 166 Å². The average Bonchev–Trinajstić information content (AvgIpc) is 3.11. The number of carbonyl (C=O) groups is 1. The second-order valence-corrected chi connectivity index (χ2v) is 7.47. The Bertz CT molecular complexity index is 608. The van der Waals surface area contributed by atoms with Crippen LogP contribution in [0, 0.1) is 0 Å². The maximum absolute atomic E-state index is 12.1. The van der Waals surface area contributed by atoms with E-state index in [1.165, 1.54) is 0 Å². The molecule has 148 valence electrons. The maximum atomic E-state index is 12.1. The van der Waals surface area contributed by atoms with Gasteiger partial charge in [0.25, 0.3) is 0 Å². The number of hydrogen-bond donors (Lipinski definition) is 1. The van der Waals surface area contributed by atoms with Crippen molar-refractivity contribution in [1.82, 2.24) is 15.1 Å². The number of benzene rings is 1. The summed E-state index contributed by atoms with van der Waals surface area (Å²) in [5.41, 5.74) is 1.01. The van der Waals surface area contributed by atoms with Crippen LogP contribution in [0.1, 0.15) is 24.8 Å². The van der Waals surface area contributed by atoms with E-state index < -0.39 is 0 Å². The molecule has 0 radical (unpaired) electrons. The van der Waals surface area contributed by atoms with Gasteiger partial charge < -0.3 is 19.7 Å². The normalized spacial score (nSPS) is 20.9. The summed E-state index contributed by atoms with van der Waals surface area (Å²) in [6, 6.07) is 9.77. The van der Waals surface area contributed by atoms with Crippen LogP contribution >= 0.6 is 12.2 Å². The molecule has 6 nitrogen and oxygen atoms in total. The summed E-state index contributed by atoms with van der Waals surface area (Å²) in [7, 11) is 0. The first-order chi connectivity index (χ1) is 13.2. The van der Waals surface area contributed by atoms with E-state index in [4.69, 9.17) is 21.7 Å². The summed E-state index contributed by atoms with van der Waals surface area (Å²) in [5.74, 6) is -0.175. The molecule has 2 heterocycles. The first-order valence-electron chi connectivity index (χ1n) is 9.77. The Morgan fingerprint density at radius 2 is 2.04 bits per heavy atom. The lowest BCUT2D eigenvalue weighted by atomic mass is 10.2. The zero-order valence-corrected chi connectivity index (χ0v) is 16.6. The second-order valence-electron chi connectivity index (χ2n) is 7.08. The van der Waals surface area contributed by atoms with Crippen LogP contribution in [-0.4, -0.2) is 72.9 Å². The van der Waals surface area contributed by atoms with Crippen LogP contribution in [0.2, 0.25) is 0 Å². The van der Waals surface area contributed by atoms with Gasteiger partial charge in [-0.25, -0.2) is 0 Å². The molecule has 1 aromatic rings. The van der Waals surface area contributed by atoms with E-state index in [1.54, 1.807) is 0 Å². The zero-order valence-electron chi connectivity index (χ0n) is 15.8. The highest BCUT2D eigenvalue weighted by Crippen LogP contribution is 2.11. The number of esters is 1. The van der Waals surface area contributed by atoms with Crippen molar-refractivity contribution >= 4 is 23.3 Å². The summed E-state index contributed by atoms with van der Waals surface area (Å²) in [4.78, 5) is 16.5. The highest BCUT2D eigenvalue weighted by atomic mass is 32.1. The fourth-order valence-corrected chi connectivity index (χ4v) is 3.68. The van der Waals surface area contributed by atoms with Gasteiger partial charge in [0.05, 0.1) is 12.6 Å². The molecule has 0 aromatic heterocycles. The van der Waals surface area contributed by atoms with E-state index in [2.05, 4.69) is 15.1 Å². The monoisotopic (exact) mass is 391 g/mol. The molecule has 0 amide bonds. The quantitative estimate of drug-likeness (QED) is 0.586. The molecule has 2 aliphatic heterocycles. The van der Waals surface area contributed by atoms with E-state index in [-0.39, 0.29) is 12.1 Å². The molecular formula is C20H29N3O3S. The van der Waals surface area contributed by atoms with Gasteiger partial charge in [-0.3, -0.25) is 9.69 Å². The van der Waals surface area contributed by atoms with Crippen LogP contribution in [0.3, 0.4) is 0 Å². The molecule has 0 aliphatic carbocycles. The summed E-state index contributed by atoms with van der Waals surface area (Å²) >= 11 is 5.54. The number of carbonyl (C=O) groups excluding carboxylic acids is 1. The van der Waals surface area contributed by atoms with Crippen molar-refractivity contribution in [1.29, 1.82) is 0 Å². The second kappa shape index (κ2) is 10.6. The van der Waals surface area contributed by atoms with Gasteiger partial charge in [-0.15, -0.1) is 0 Å². The Kier molecular flexibility index (Phi) is 7.86. The van der Waals surface area contributed by atoms with E-state index in [9.17, 15) is 4.79 Å². The van der Waals surface area contributed by atoms with Crippen LogP contribution < -0.4 is 5.32 Å². The topological polar surface area (TPSA) is 54.0 Å². The number of thiocarbonyl (C=S) groups is 1. The van der Waals surface area contributed by atoms with Crippen LogP contribution in [0.4, 0.5) is 0 Å². The fourth-order valence-electron chi connectivity index (χ4n) is 3.42. The molecule has 0 bridgehead atoms. The minimum Gasteiger partial charge on any atom is -0.460 e. The number of rotatable bonds is 6. The van der Waals surface area contributed by atoms with Gasteiger partial charge in [0, 0.05) is 39.3 Å². The van der Waals surface area contributed by atoms with Crippen molar-refractivity contribution in [2.75, 3.05) is 45.9 Å². The molecule has 2 fully saturated rings. The predicted molar refractivity (Wildman–Crippen MR) is 108 cm³/mol. The fraction of sp³-hybridized carbons (Fsp3) is 0.600. The predicted octanol–water partition coefficient (Wildman–Crippen LogP) is 1.79. The molecule has 27 heavy (non-hydrogen) atoms. The zero-order chi connectivity index (χ0) is 18.9. The van der Waals surface area contributed by atoms with Gasteiger partial charge in [-0.1, -0.05) is 30.3 Å². The molecule has 1 N–H and O–H groups in total. The number of nitrogens with one attached hydrogen (secondary N) is 1. The Morgan fingerprint density at radius 3 is 2.81 bits per heavy atom. The van der Waals surface area contributed by atoms with Gasteiger partial charge in [-0.2, -0.15) is 0 Å². The first-order valence-corrected chi connectivity index (χ1v) is 10.2. The lowest BCUT2D eigenvalue weighted by molar-refractivity contribution is -0.146. The lowest BCUT2D eigenvalue weighted by Crippen LogP contribution is -2.44. The van der Waals surface area contributed by atoms with Crippen molar-refractivity contribution in [3.63, 3.8) is 0 Å². The van der Waals surface area contributed by atoms with E-state index in [1.807, 2.05) is 30.3 Å². The molecule has 1 unspecified atom stereocenters. The smallest absolute Gasteiger partial charge is 0.320 e. The highest BCUT2D eigenvalue weighted by Gasteiger charge is 2.21. The maximum Gasteiger partial charge on any atom is 0.320 e. The van der Waals surface area contributed by atoms with E-state index in [0.717, 1.165) is 69.3 Å². The molecule has 0 saturated carbocycles. The SMILES string of the molecule is O=C(CN1CCCN(C(=S)NCC2CCCO2)CC1)OCc1ccccc1. The molecule has 2 aliphatic rings. The molecule has 0 spiro atoms. The number of nitrogens with zero attached hydrogens (tertiary/aromatic N) is 2.